The van der Waals surface area contributed by atoms with E-state index in [1.54, 1.807) is 24.3 Å². The second-order valence-corrected chi connectivity index (χ2v) is 5.14. The summed E-state index contributed by atoms with van der Waals surface area (Å²) in [6.45, 7) is 0. The van der Waals surface area contributed by atoms with Gasteiger partial charge >= 0.3 is 6.36 Å². The molecule has 0 aliphatic rings. The van der Waals surface area contributed by atoms with E-state index in [1.165, 1.54) is 18.2 Å². The standard InChI is InChI=1S/C14H9BrClF3O2/c15-12-7-11(5-6-13(12)21-14(17,18)19)20-10-3-1-9(8-16)2-4-10/h1-7H,8H2. The lowest BCUT2D eigenvalue weighted by atomic mass is 10.2. The summed E-state index contributed by atoms with van der Waals surface area (Å²) in [5.41, 5.74) is 0.944. The fourth-order valence-corrected chi connectivity index (χ4v) is 2.15. The Morgan fingerprint density at radius 2 is 1.62 bits per heavy atom. The van der Waals surface area contributed by atoms with Crippen LogP contribution in [0.4, 0.5) is 13.2 Å². The van der Waals surface area contributed by atoms with Gasteiger partial charge in [-0.15, -0.1) is 24.8 Å². The van der Waals surface area contributed by atoms with Gasteiger partial charge in [-0.05, 0) is 51.8 Å². The lowest BCUT2D eigenvalue weighted by Crippen LogP contribution is -2.17. The maximum Gasteiger partial charge on any atom is 0.573 e. The minimum absolute atomic E-state index is 0.148. The van der Waals surface area contributed by atoms with Crippen molar-refractivity contribution in [3.63, 3.8) is 0 Å². The molecular formula is C14H9BrClF3O2. The summed E-state index contributed by atoms with van der Waals surface area (Å²) >= 11 is 8.69. The number of hydrogen-bond acceptors (Lipinski definition) is 2. The minimum Gasteiger partial charge on any atom is -0.457 e. The molecule has 7 heteroatoms. The first-order chi connectivity index (χ1) is 9.87. The number of alkyl halides is 4. The number of halogens is 5. The molecule has 2 aromatic carbocycles. The van der Waals surface area contributed by atoms with Gasteiger partial charge in [0.2, 0.25) is 0 Å². The van der Waals surface area contributed by atoms with Gasteiger partial charge in [0.25, 0.3) is 0 Å². The van der Waals surface area contributed by atoms with Gasteiger partial charge in [0.1, 0.15) is 17.2 Å². The van der Waals surface area contributed by atoms with Crippen LogP contribution in [0.3, 0.4) is 0 Å². The van der Waals surface area contributed by atoms with Gasteiger partial charge in [-0.3, -0.25) is 0 Å². The van der Waals surface area contributed by atoms with E-state index in [-0.39, 0.29) is 10.2 Å². The zero-order valence-electron chi connectivity index (χ0n) is 10.5. The molecule has 112 valence electrons. The lowest BCUT2D eigenvalue weighted by Gasteiger charge is -2.12. The van der Waals surface area contributed by atoms with E-state index in [1.807, 2.05) is 0 Å². The largest absolute Gasteiger partial charge is 0.573 e. The van der Waals surface area contributed by atoms with Crippen molar-refractivity contribution in [1.82, 2.24) is 0 Å². The highest BCUT2D eigenvalue weighted by atomic mass is 79.9. The number of benzene rings is 2. The molecule has 0 aliphatic carbocycles. The molecule has 0 spiro atoms. The van der Waals surface area contributed by atoms with Crippen LogP contribution in [0.15, 0.2) is 46.9 Å². The van der Waals surface area contributed by atoms with Crippen molar-refractivity contribution < 1.29 is 22.6 Å². The normalized spacial score (nSPS) is 11.3. The monoisotopic (exact) mass is 380 g/mol. The smallest absolute Gasteiger partial charge is 0.457 e. The van der Waals surface area contributed by atoms with Crippen LogP contribution in [0, 0.1) is 0 Å². The van der Waals surface area contributed by atoms with E-state index < -0.39 is 6.36 Å². The molecule has 0 aromatic heterocycles. The van der Waals surface area contributed by atoms with Crippen molar-refractivity contribution in [3.05, 3.63) is 52.5 Å². The Bertz CT molecular complexity index is 615. The fourth-order valence-electron chi connectivity index (χ4n) is 1.54. The number of rotatable bonds is 4. The van der Waals surface area contributed by atoms with Crippen LogP contribution in [-0.4, -0.2) is 6.36 Å². The average molecular weight is 382 g/mol. The summed E-state index contributed by atoms with van der Waals surface area (Å²) in [7, 11) is 0. The SMILES string of the molecule is FC(F)(F)Oc1ccc(Oc2ccc(CCl)cc2)cc1Br. The molecular weight excluding hydrogens is 373 g/mol. The topological polar surface area (TPSA) is 18.5 Å². The second-order valence-electron chi connectivity index (χ2n) is 4.02. The highest BCUT2D eigenvalue weighted by Gasteiger charge is 2.32. The van der Waals surface area contributed by atoms with Gasteiger partial charge in [0.15, 0.2) is 0 Å². The van der Waals surface area contributed by atoms with Gasteiger partial charge in [0, 0.05) is 5.88 Å². The fraction of sp³-hybridized carbons (Fsp3) is 0.143. The molecule has 0 radical (unpaired) electrons. The third-order valence-electron chi connectivity index (χ3n) is 2.44. The van der Waals surface area contributed by atoms with Crippen LogP contribution >= 0.6 is 27.5 Å². The van der Waals surface area contributed by atoms with Crippen LogP contribution in [0.2, 0.25) is 0 Å². The van der Waals surface area contributed by atoms with E-state index in [0.717, 1.165) is 5.56 Å². The molecule has 0 bridgehead atoms. The van der Waals surface area contributed by atoms with Gasteiger partial charge in [-0.25, -0.2) is 0 Å². The maximum absolute atomic E-state index is 12.2. The third-order valence-corrected chi connectivity index (χ3v) is 3.37. The predicted molar refractivity (Wildman–Crippen MR) is 76.9 cm³/mol. The summed E-state index contributed by atoms with van der Waals surface area (Å²) in [4.78, 5) is 0. The summed E-state index contributed by atoms with van der Waals surface area (Å²) in [5.74, 6) is 1.01. The van der Waals surface area contributed by atoms with Crippen molar-refractivity contribution in [1.29, 1.82) is 0 Å². The van der Waals surface area contributed by atoms with Crippen LogP contribution in [0.1, 0.15) is 5.56 Å². The van der Waals surface area contributed by atoms with Crippen molar-refractivity contribution in [3.8, 4) is 17.2 Å². The first-order valence-electron chi connectivity index (χ1n) is 5.75. The van der Waals surface area contributed by atoms with Gasteiger partial charge in [0.05, 0.1) is 4.47 Å². The summed E-state index contributed by atoms with van der Waals surface area (Å²) < 4.78 is 46.0. The van der Waals surface area contributed by atoms with Crippen molar-refractivity contribution in [2.24, 2.45) is 0 Å². The van der Waals surface area contributed by atoms with Gasteiger partial charge in [-0.1, -0.05) is 12.1 Å². The van der Waals surface area contributed by atoms with Crippen molar-refractivity contribution in [2.75, 3.05) is 0 Å². The molecule has 2 nitrogen and oxygen atoms in total. The first-order valence-corrected chi connectivity index (χ1v) is 7.08. The highest BCUT2D eigenvalue weighted by Crippen LogP contribution is 2.34. The summed E-state index contributed by atoms with van der Waals surface area (Å²) in [6, 6.07) is 11.0. The third kappa shape index (κ3) is 4.82. The summed E-state index contributed by atoms with van der Waals surface area (Å²) in [6.07, 6.45) is -4.73. The Morgan fingerprint density at radius 1 is 1.00 bits per heavy atom. The van der Waals surface area contributed by atoms with Crippen molar-refractivity contribution >= 4 is 27.5 Å². The molecule has 2 aromatic rings. The molecule has 0 unspecified atom stereocenters. The van der Waals surface area contributed by atoms with Crippen molar-refractivity contribution in [2.45, 2.75) is 12.2 Å². The molecule has 0 amide bonds. The van der Waals surface area contributed by atoms with E-state index in [2.05, 4.69) is 20.7 Å². The van der Waals surface area contributed by atoms with Gasteiger partial charge in [-0.2, -0.15) is 0 Å². The highest BCUT2D eigenvalue weighted by molar-refractivity contribution is 9.10. The number of hydrogen-bond donors (Lipinski definition) is 0. The van der Waals surface area contributed by atoms with Crippen LogP contribution in [-0.2, 0) is 5.88 Å². The van der Waals surface area contributed by atoms with Crippen LogP contribution in [0.5, 0.6) is 17.2 Å². The van der Waals surface area contributed by atoms with E-state index in [0.29, 0.717) is 17.4 Å². The van der Waals surface area contributed by atoms with E-state index in [9.17, 15) is 13.2 Å². The Hall–Kier alpha value is -1.40. The molecule has 0 fully saturated rings. The van der Waals surface area contributed by atoms with E-state index >= 15 is 0 Å². The van der Waals surface area contributed by atoms with E-state index in [4.69, 9.17) is 16.3 Å². The molecule has 21 heavy (non-hydrogen) atoms. The molecule has 0 heterocycles. The lowest BCUT2D eigenvalue weighted by molar-refractivity contribution is -0.274. The predicted octanol–water partition coefficient (Wildman–Crippen LogP) is 5.88. The average Bonchev–Trinajstić information content (AvgIpc) is 2.41. The zero-order chi connectivity index (χ0) is 15.5. The molecule has 2 rings (SSSR count). The van der Waals surface area contributed by atoms with Crippen LogP contribution < -0.4 is 9.47 Å². The molecule has 0 saturated carbocycles. The maximum atomic E-state index is 12.2. The first kappa shape index (κ1) is 16.0. The number of ether oxygens (including phenoxy) is 2. The Labute approximate surface area is 132 Å². The summed E-state index contributed by atoms with van der Waals surface area (Å²) in [5, 5.41) is 0. The Kier molecular flexibility index (Phi) is 5.00. The zero-order valence-corrected chi connectivity index (χ0v) is 12.8. The second kappa shape index (κ2) is 6.58. The Morgan fingerprint density at radius 3 is 2.14 bits per heavy atom. The molecule has 0 saturated heterocycles. The Balaban J connectivity index is 2.12. The quantitative estimate of drug-likeness (QED) is 0.616. The molecule has 0 N–H and O–H groups in total. The van der Waals surface area contributed by atoms with Gasteiger partial charge < -0.3 is 9.47 Å². The molecule has 0 atom stereocenters. The van der Waals surface area contributed by atoms with Crippen LogP contribution in [0.25, 0.3) is 0 Å². The molecule has 0 aliphatic heterocycles. The minimum atomic E-state index is -4.73.